The monoisotopic (exact) mass is 418 g/mol. The first kappa shape index (κ1) is 17.2. The fourth-order valence-electron chi connectivity index (χ4n) is 2.66. The van der Waals surface area contributed by atoms with Crippen molar-refractivity contribution in [3.05, 3.63) is 82.8 Å². The third-order valence-electron chi connectivity index (χ3n) is 3.95. The SMILES string of the molecule is Oc1ccc(N=CC=Cc2cccc(Br)c2)cc1-c1nc2ccccc2o1. The summed E-state index contributed by atoms with van der Waals surface area (Å²) in [6.07, 6.45) is 5.55. The maximum absolute atomic E-state index is 10.2. The Morgan fingerprint density at radius 1 is 1.00 bits per heavy atom. The summed E-state index contributed by atoms with van der Waals surface area (Å²) >= 11 is 3.45. The van der Waals surface area contributed by atoms with E-state index >= 15 is 0 Å². The molecular formula is C22H15BrN2O2. The first-order chi connectivity index (χ1) is 13.2. The second-order valence-electron chi connectivity index (χ2n) is 5.88. The van der Waals surface area contributed by atoms with E-state index in [-0.39, 0.29) is 5.75 Å². The molecule has 4 rings (SSSR count). The molecule has 0 amide bonds. The number of oxazole rings is 1. The topological polar surface area (TPSA) is 58.6 Å². The van der Waals surface area contributed by atoms with Gasteiger partial charge in [-0.05, 0) is 54.1 Å². The number of para-hydroxylation sites is 2. The minimum absolute atomic E-state index is 0.102. The third kappa shape index (κ3) is 3.99. The van der Waals surface area contributed by atoms with Gasteiger partial charge in [-0.3, -0.25) is 4.99 Å². The molecule has 5 heteroatoms. The molecule has 0 atom stereocenters. The fourth-order valence-corrected chi connectivity index (χ4v) is 3.07. The highest BCUT2D eigenvalue weighted by atomic mass is 79.9. The molecule has 132 valence electrons. The van der Waals surface area contributed by atoms with Crippen LogP contribution < -0.4 is 0 Å². The van der Waals surface area contributed by atoms with Crippen molar-refractivity contribution in [1.82, 2.24) is 4.98 Å². The minimum Gasteiger partial charge on any atom is -0.507 e. The van der Waals surface area contributed by atoms with Gasteiger partial charge in [-0.1, -0.05) is 46.3 Å². The van der Waals surface area contributed by atoms with Crippen LogP contribution in [0, 0.1) is 0 Å². The van der Waals surface area contributed by atoms with E-state index in [1.807, 2.05) is 60.7 Å². The fraction of sp³-hybridized carbons (Fsp3) is 0. The summed E-state index contributed by atoms with van der Waals surface area (Å²) in [6.45, 7) is 0. The van der Waals surface area contributed by atoms with E-state index in [1.165, 1.54) is 0 Å². The summed E-state index contributed by atoms with van der Waals surface area (Å²) in [5.41, 5.74) is 3.71. The van der Waals surface area contributed by atoms with Crippen LogP contribution in [-0.4, -0.2) is 16.3 Å². The number of aromatic nitrogens is 1. The number of halogens is 1. The molecule has 0 spiro atoms. The van der Waals surface area contributed by atoms with Gasteiger partial charge in [0, 0.05) is 10.7 Å². The summed E-state index contributed by atoms with van der Waals surface area (Å²) in [7, 11) is 0. The molecule has 0 bridgehead atoms. The van der Waals surface area contributed by atoms with Gasteiger partial charge in [-0.2, -0.15) is 0 Å². The number of allylic oxidation sites excluding steroid dienone is 1. The lowest BCUT2D eigenvalue weighted by Crippen LogP contribution is -1.79. The Kier molecular flexibility index (Phi) is 4.85. The van der Waals surface area contributed by atoms with Crippen LogP contribution >= 0.6 is 15.9 Å². The summed E-state index contributed by atoms with van der Waals surface area (Å²) in [5.74, 6) is 0.473. The van der Waals surface area contributed by atoms with Crippen LogP contribution in [0.2, 0.25) is 0 Å². The van der Waals surface area contributed by atoms with Gasteiger partial charge in [-0.15, -0.1) is 0 Å². The van der Waals surface area contributed by atoms with Gasteiger partial charge in [0.2, 0.25) is 5.89 Å². The molecule has 3 aromatic carbocycles. The molecule has 0 aliphatic rings. The molecule has 0 aliphatic carbocycles. The van der Waals surface area contributed by atoms with Crippen molar-refractivity contribution < 1.29 is 9.52 Å². The predicted octanol–water partition coefficient (Wildman–Crippen LogP) is 6.38. The number of hydrogen-bond acceptors (Lipinski definition) is 4. The smallest absolute Gasteiger partial charge is 0.231 e. The van der Waals surface area contributed by atoms with Gasteiger partial charge in [0.05, 0.1) is 11.3 Å². The Bertz CT molecular complexity index is 1130. The number of phenolic OH excluding ortho intramolecular Hbond substituents is 1. The van der Waals surface area contributed by atoms with E-state index in [4.69, 9.17) is 4.42 Å². The number of phenols is 1. The molecule has 0 saturated heterocycles. The van der Waals surface area contributed by atoms with Crippen LogP contribution in [0.25, 0.3) is 28.6 Å². The van der Waals surface area contributed by atoms with Crippen LogP contribution in [-0.2, 0) is 0 Å². The first-order valence-corrected chi connectivity index (χ1v) is 9.13. The highest BCUT2D eigenvalue weighted by molar-refractivity contribution is 9.10. The van der Waals surface area contributed by atoms with E-state index in [0.29, 0.717) is 22.7 Å². The Balaban J connectivity index is 1.58. The maximum Gasteiger partial charge on any atom is 0.231 e. The standard InChI is InChI=1S/C22H15BrN2O2/c23-16-7-3-5-15(13-16)6-4-12-24-17-10-11-20(26)18(14-17)22-25-19-8-1-2-9-21(19)27-22/h1-14,26H. The van der Waals surface area contributed by atoms with Crippen molar-refractivity contribution in [2.24, 2.45) is 4.99 Å². The molecule has 1 N–H and O–H groups in total. The molecule has 1 heterocycles. The second kappa shape index (κ2) is 7.60. The Morgan fingerprint density at radius 3 is 2.74 bits per heavy atom. The number of fused-ring (bicyclic) bond motifs is 1. The lowest BCUT2D eigenvalue weighted by Gasteiger charge is -2.01. The largest absolute Gasteiger partial charge is 0.507 e. The highest BCUT2D eigenvalue weighted by Gasteiger charge is 2.12. The second-order valence-corrected chi connectivity index (χ2v) is 6.80. The zero-order valence-electron chi connectivity index (χ0n) is 14.2. The van der Waals surface area contributed by atoms with E-state index < -0.39 is 0 Å². The van der Waals surface area contributed by atoms with Crippen molar-refractivity contribution in [1.29, 1.82) is 0 Å². The van der Waals surface area contributed by atoms with Crippen molar-refractivity contribution in [2.45, 2.75) is 0 Å². The molecule has 4 aromatic rings. The molecule has 4 nitrogen and oxygen atoms in total. The van der Waals surface area contributed by atoms with Gasteiger partial charge in [0.25, 0.3) is 0 Å². The number of nitrogens with zero attached hydrogens (tertiary/aromatic N) is 2. The predicted molar refractivity (Wildman–Crippen MR) is 112 cm³/mol. The molecule has 0 aliphatic heterocycles. The molecule has 0 unspecified atom stereocenters. The van der Waals surface area contributed by atoms with Gasteiger partial charge in [-0.25, -0.2) is 4.98 Å². The number of rotatable bonds is 4. The van der Waals surface area contributed by atoms with Crippen LogP contribution in [0.5, 0.6) is 5.75 Å². The number of benzene rings is 3. The van der Waals surface area contributed by atoms with Gasteiger partial charge >= 0.3 is 0 Å². The van der Waals surface area contributed by atoms with Gasteiger partial charge < -0.3 is 9.52 Å². The van der Waals surface area contributed by atoms with Crippen LogP contribution in [0.1, 0.15) is 5.56 Å². The average molecular weight is 419 g/mol. The maximum atomic E-state index is 10.2. The van der Waals surface area contributed by atoms with Crippen molar-refractivity contribution >= 4 is 45.0 Å². The van der Waals surface area contributed by atoms with E-state index in [9.17, 15) is 5.11 Å². The molecule has 0 fully saturated rings. The zero-order chi connectivity index (χ0) is 18.6. The first-order valence-electron chi connectivity index (χ1n) is 8.34. The lowest BCUT2D eigenvalue weighted by atomic mass is 10.2. The summed E-state index contributed by atoms with van der Waals surface area (Å²) in [6, 6.07) is 20.6. The van der Waals surface area contributed by atoms with Gasteiger partial charge in [0.15, 0.2) is 5.58 Å². The van der Waals surface area contributed by atoms with Crippen LogP contribution in [0.15, 0.2) is 86.7 Å². The van der Waals surface area contributed by atoms with E-state index in [1.54, 1.807) is 24.4 Å². The minimum atomic E-state index is 0.102. The molecule has 0 radical (unpaired) electrons. The lowest BCUT2D eigenvalue weighted by molar-refractivity contribution is 0.474. The highest BCUT2D eigenvalue weighted by Crippen LogP contribution is 2.33. The van der Waals surface area contributed by atoms with E-state index in [0.717, 1.165) is 15.6 Å². The van der Waals surface area contributed by atoms with Crippen molar-refractivity contribution in [3.63, 3.8) is 0 Å². The average Bonchev–Trinajstić information content (AvgIpc) is 3.10. The molecule has 0 saturated carbocycles. The van der Waals surface area contributed by atoms with E-state index in [2.05, 4.69) is 25.9 Å². The van der Waals surface area contributed by atoms with Crippen LogP contribution in [0.3, 0.4) is 0 Å². The van der Waals surface area contributed by atoms with Crippen LogP contribution in [0.4, 0.5) is 5.69 Å². The Morgan fingerprint density at radius 2 is 1.89 bits per heavy atom. The normalized spacial score (nSPS) is 11.7. The van der Waals surface area contributed by atoms with Crippen molar-refractivity contribution in [3.8, 4) is 17.2 Å². The number of hydrogen-bond donors (Lipinski definition) is 1. The Hall–Kier alpha value is -3.18. The molecule has 1 aromatic heterocycles. The van der Waals surface area contributed by atoms with Gasteiger partial charge in [0.1, 0.15) is 11.3 Å². The summed E-state index contributed by atoms with van der Waals surface area (Å²) in [5, 5.41) is 10.2. The quantitative estimate of drug-likeness (QED) is 0.391. The number of aromatic hydroxyl groups is 1. The van der Waals surface area contributed by atoms with Crippen molar-refractivity contribution in [2.75, 3.05) is 0 Å². The number of aliphatic imine (C=N–C) groups is 1. The summed E-state index contributed by atoms with van der Waals surface area (Å²) in [4.78, 5) is 8.85. The third-order valence-corrected chi connectivity index (χ3v) is 4.44. The molecule has 27 heavy (non-hydrogen) atoms. The molecular weight excluding hydrogens is 404 g/mol. The Labute approximate surface area is 164 Å². The zero-order valence-corrected chi connectivity index (χ0v) is 15.8. The summed E-state index contributed by atoms with van der Waals surface area (Å²) < 4.78 is 6.77.